The van der Waals surface area contributed by atoms with E-state index in [-0.39, 0.29) is 0 Å². The fraction of sp³-hybridized carbons (Fsp3) is 0.333. The minimum absolute atomic E-state index is 0.549. The number of rotatable bonds is 3. The number of ether oxygens (including phenoxy) is 2. The monoisotopic (exact) mass is 286 g/mol. The molecule has 0 unspecified atom stereocenters. The average molecular weight is 286 g/mol. The molecule has 3 rings (SSSR count). The van der Waals surface area contributed by atoms with Crippen molar-refractivity contribution in [3.8, 4) is 17.0 Å². The molecule has 3 heterocycles. The number of methoxy groups -OCH3 is 1. The van der Waals surface area contributed by atoms with Gasteiger partial charge in [0.1, 0.15) is 11.4 Å². The predicted molar refractivity (Wildman–Crippen MR) is 81.5 cm³/mol. The smallest absolute Gasteiger partial charge is 0.168 e. The van der Waals surface area contributed by atoms with Crippen molar-refractivity contribution in [2.24, 2.45) is 0 Å². The summed E-state index contributed by atoms with van der Waals surface area (Å²) in [6, 6.07) is 3.76. The molecular formula is C15H18N4O2. The maximum atomic E-state index is 6.27. The zero-order valence-electron chi connectivity index (χ0n) is 12.0. The molecule has 2 aromatic heterocycles. The molecule has 0 aromatic carbocycles. The summed E-state index contributed by atoms with van der Waals surface area (Å²) in [5.74, 6) is 0.665. The topological polar surface area (TPSA) is 73.5 Å². The van der Waals surface area contributed by atoms with Crippen molar-refractivity contribution in [1.29, 1.82) is 0 Å². The van der Waals surface area contributed by atoms with Crippen LogP contribution in [0.25, 0.3) is 11.3 Å². The third kappa shape index (κ3) is 2.62. The molecule has 21 heavy (non-hydrogen) atoms. The van der Waals surface area contributed by atoms with Crippen LogP contribution in [0.1, 0.15) is 0 Å². The van der Waals surface area contributed by atoms with Gasteiger partial charge in [-0.1, -0.05) is 0 Å². The molecule has 0 aliphatic carbocycles. The van der Waals surface area contributed by atoms with Crippen LogP contribution < -0.4 is 15.4 Å². The fourth-order valence-electron chi connectivity index (χ4n) is 2.48. The van der Waals surface area contributed by atoms with Gasteiger partial charge in [-0.3, -0.25) is 9.97 Å². The molecule has 6 heteroatoms. The molecular weight excluding hydrogens is 268 g/mol. The normalized spacial score (nSPS) is 15.0. The van der Waals surface area contributed by atoms with E-state index in [4.69, 9.17) is 15.2 Å². The molecule has 6 nitrogen and oxygen atoms in total. The van der Waals surface area contributed by atoms with Gasteiger partial charge in [-0.15, -0.1) is 0 Å². The minimum Gasteiger partial charge on any atom is -0.492 e. The van der Waals surface area contributed by atoms with E-state index in [1.54, 1.807) is 19.5 Å². The first-order valence-corrected chi connectivity index (χ1v) is 6.87. The van der Waals surface area contributed by atoms with Gasteiger partial charge in [0.15, 0.2) is 5.75 Å². The van der Waals surface area contributed by atoms with Gasteiger partial charge in [-0.2, -0.15) is 0 Å². The highest BCUT2D eigenvalue weighted by Crippen LogP contribution is 2.39. The summed E-state index contributed by atoms with van der Waals surface area (Å²) in [6.07, 6.45) is 5.26. The first-order chi connectivity index (χ1) is 10.3. The van der Waals surface area contributed by atoms with Crippen LogP contribution in [0.5, 0.6) is 5.75 Å². The molecule has 1 fully saturated rings. The van der Waals surface area contributed by atoms with Crippen molar-refractivity contribution >= 4 is 11.4 Å². The summed E-state index contributed by atoms with van der Waals surface area (Å²) in [7, 11) is 1.63. The molecule has 0 saturated carbocycles. The SMILES string of the molecule is COc1c(N2CCOCC2)cnc(-c2ccncc2)c1N. The summed E-state index contributed by atoms with van der Waals surface area (Å²) in [4.78, 5) is 10.7. The Kier molecular flexibility index (Phi) is 3.87. The molecule has 0 bridgehead atoms. The molecule has 0 radical (unpaired) electrons. The van der Waals surface area contributed by atoms with Crippen molar-refractivity contribution in [3.63, 3.8) is 0 Å². The molecule has 0 spiro atoms. The van der Waals surface area contributed by atoms with E-state index in [0.29, 0.717) is 30.3 Å². The van der Waals surface area contributed by atoms with Gasteiger partial charge in [-0.05, 0) is 12.1 Å². The van der Waals surface area contributed by atoms with Crippen molar-refractivity contribution < 1.29 is 9.47 Å². The fourth-order valence-corrected chi connectivity index (χ4v) is 2.48. The highest BCUT2D eigenvalue weighted by Gasteiger charge is 2.20. The van der Waals surface area contributed by atoms with Gasteiger partial charge < -0.3 is 20.1 Å². The van der Waals surface area contributed by atoms with Crippen molar-refractivity contribution in [1.82, 2.24) is 9.97 Å². The van der Waals surface area contributed by atoms with E-state index in [0.717, 1.165) is 24.3 Å². The standard InChI is InChI=1S/C15H18N4O2/c1-20-15-12(19-6-8-21-9-7-19)10-18-14(13(15)16)11-2-4-17-5-3-11/h2-5,10H,6-9,16H2,1H3. The zero-order valence-corrected chi connectivity index (χ0v) is 12.0. The lowest BCUT2D eigenvalue weighted by atomic mass is 10.1. The number of nitrogen functional groups attached to an aromatic ring is 1. The Morgan fingerprint density at radius 3 is 2.62 bits per heavy atom. The minimum atomic E-state index is 0.549. The summed E-state index contributed by atoms with van der Waals surface area (Å²) >= 11 is 0. The largest absolute Gasteiger partial charge is 0.492 e. The maximum Gasteiger partial charge on any atom is 0.168 e. The van der Waals surface area contributed by atoms with Gasteiger partial charge in [-0.25, -0.2) is 0 Å². The highest BCUT2D eigenvalue weighted by atomic mass is 16.5. The van der Waals surface area contributed by atoms with Crippen LogP contribution >= 0.6 is 0 Å². The Morgan fingerprint density at radius 2 is 1.95 bits per heavy atom. The molecule has 1 aliphatic rings. The Balaban J connectivity index is 2.03. The Bertz CT molecular complexity index is 613. The molecule has 0 atom stereocenters. The maximum absolute atomic E-state index is 6.27. The van der Waals surface area contributed by atoms with Crippen molar-refractivity contribution in [2.45, 2.75) is 0 Å². The van der Waals surface area contributed by atoms with Crippen LogP contribution in [-0.4, -0.2) is 43.4 Å². The third-order valence-electron chi connectivity index (χ3n) is 3.56. The molecule has 1 saturated heterocycles. The van der Waals surface area contributed by atoms with E-state index in [2.05, 4.69) is 14.9 Å². The van der Waals surface area contributed by atoms with E-state index < -0.39 is 0 Å². The van der Waals surface area contributed by atoms with Crippen LogP contribution in [-0.2, 0) is 4.74 Å². The van der Waals surface area contributed by atoms with Crippen molar-refractivity contribution in [2.75, 3.05) is 44.0 Å². The number of aromatic nitrogens is 2. The molecule has 110 valence electrons. The van der Waals surface area contributed by atoms with Crippen LogP contribution in [0.4, 0.5) is 11.4 Å². The second kappa shape index (κ2) is 5.97. The Hall–Kier alpha value is -2.34. The lowest BCUT2D eigenvalue weighted by molar-refractivity contribution is 0.122. The summed E-state index contributed by atoms with van der Waals surface area (Å²) in [6.45, 7) is 3.03. The van der Waals surface area contributed by atoms with Gasteiger partial charge in [0, 0.05) is 31.0 Å². The van der Waals surface area contributed by atoms with Crippen LogP contribution in [0, 0.1) is 0 Å². The van der Waals surface area contributed by atoms with E-state index in [1.807, 2.05) is 18.3 Å². The Labute approximate surface area is 123 Å². The van der Waals surface area contributed by atoms with Crippen LogP contribution in [0.2, 0.25) is 0 Å². The van der Waals surface area contributed by atoms with Crippen LogP contribution in [0.15, 0.2) is 30.7 Å². The number of nitrogens with zero attached hydrogens (tertiary/aromatic N) is 3. The van der Waals surface area contributed by atoms with E-state index in [9.17, 15) is 0 Å². The number of nitrogens with two attached hydrogens (primary N) is 1. The average Bonchev–Trinajstić information content (AvgIpc) is 2.56. The lowest BCUT2D eigenvalue weighted by Crippen LogP contribution is -2.36. The predicted octanol–water partition coefficient (Wildman–Crippen LogP) is 1.57. The summed E-state index contributed by atoms with van der Waals surface area (Å²) < 4.78 is 10.9. The first-order valence-electron chi connectivity index (χ1n) is 6.87. The molecule has 2 N–H and O–H groups in total. The number of pyridine rings is 2. The van der Waals surface area contributed by atoms with Gasteiger partial charge >= 0.3 is 0 Å². The van der Waals surface area contributed by atoms with E-state index in [1.165, 1.54) is 0 Å². The first kappa shape index (κ1) is 13.6. The van der Waals surface area contributed by atoms with Gasteiger partial charge in [0.25, 0.3) is 0 Å². The third-order valence-corrected chi connectivity index (χ3v) is 3.56. The van der Waals surface area contributed by atoms with Gasteiger partial charge in [0.05, 0.1) is 32.2 Å². The molecule has 0 amide bonds. The van der Waals surface area contributed by atoms with E-state index >= 15 is 0 Å². The second-order valence-electron chi connectivity index (χ2n) is 4.77. The zero-order chi connectivity index (χ0) is 14.7. The van der Waals surface area contributed by atoms with Gasteiger partial charge in [0.2, 0.25) is 0 Å². The number of hydrogen-bond donors (Lipinski definition) is 1. The Morgan fingerprint density at radius 1 is 1.24 bits per heavy atom. The van der Waals surface area contributed by atoms with Crippen LogP contribution in [0.3, 0.4) is 0 Å². The molecule has 2 aromatic rings. The number of hydrogen-bond acceptors (Lipinski definition) is 6. The summed E-state index contributed by atoms with van der Waals surface area (Å²) in [5, 5.41) is 0. The highest BCUT2D eigenvalue weighted by molar-refractivity contribution is 5.82. The second-order valence-corrected chi connectivity index (χ2v) is 4.77. The quantitative estimate of drug-likeness (QED) is 0.923. The van der Waals surface area contributed by atoms with Crippen molar-refractivity contribution in [3.05, 3.63) is 30.7 Å². The summed E-state index contributed by atoms with van der Waals surface area (Å²) in [5.41, 5.74) is 9.37. The number of morpholine rings is 1. The molecule has 1 aliphatic heterocycles. The lowest BCUT2D eigenvalue weighted by Gasteiger charge is -2.30. The number of anilines is 2.